The zero-order valence-corrected chi connectivity index (χ0v) is 11.7. The van der Waals surface area contributed by atoms with E-state index in [0.29, 0.717) is 25.9 Å². The van der Waals surface area contributed by atoms with Crippen LogP contribution in [0, 0.1) is 5.92 Å². The molecule has 0 aromatic heterocycles. The fourth-order valence-electron chi connectivity index (χ4n) is 1.37. The van der Waals surface area contributed by atoms with Gasteiger partial charge in [-0.1, -0.05) is 6.92 Å². The van der Waals surface area contributed by atoms with E-state index in [1.165, 1.54) is 0 Å². The Kier molecular flexibility index (Phi) is 8.32. The largest absolute Gasteiger partial charge is 0.481 e. The molecule has 110 valence electrons. The van der Waals surface area contributed by atoms with Crippen molar-refractivity contribution >= 4 is 17.9 Å². The molecule has 0 bridgehead atoms. The number of amides is 3. The van der Waals surface area contributed by atoms with E-state index in [-0.39, 0.29) is 5.91 Å². The number of likely N-dealkylation sites (N-methyl/N-ethyl adjacent to an activating group) is 1. The number of hydrogen-bond donors (Lipinski definition) is 4. The molecule has 3 amide bonds. The van der Waals surface area contributed by atoms with Gasteiger partial charge >= 0.3 is 12.0 Å². The molecule has 0 heterocycles. The average molecular weight is 273 g/mol. The van der Waals surface area contributed by atoms with E-state index in [1.807, 2.05) is 0 Å². The maximum Gasteiger partial charge on any atom is 0.315 e. The van der Waals surface area contributed by atoms with Crippen molar-refractivity contribution in [2.24, 2.45) is 5.92 Å². The van der Waals surface area contributed by atoms with Gasteiger partial charge in [-0.05, 0) is 26.7 Å². The predicted octanol–water partition coefficient (Wildman–Crippen LogP) is 0.311. The number of carboxylic acids is 1. The highest BCUT2D eigenvalue weighted by molar-refractivity contribution is 5.86. The topological polar surface area (TPSA) is 108 Å². The van der Waals surface area contributed by atoms with Crippen LogP contribution in [0.4, 0.5) is 4.79 Å². The highest BCUT2D eigenvalue weighted by Gasteiger charge is 2.14. The monoisotopic (exact) mass is 273 g/mol. The normalized spacial score (nSPS) is 13.2. The Bertz CT molecular complexity index is 320. The minimum Gasteiger partial charge on any atom is -0.481 e. The molecule has 2 atom stereocenters. The summed E-state index contributed by atoms with van der Waals surface area (Å²) in [6.07, 6.45) is 1.08. The Morgan fingerprint density at radius 1 is 1.16 bits per heavy atom. The highest BCUT2D eigenvalue weighted by Crippen LogP contribution is 2.03. The molecule has 0 aliphatic heterocycles. The van der Waals surface area contributed by atoms with Crippen LogP contribution in [0.3, 0.4) is 0 Å². The molecule has 0 aliphatic rings. The maximum absolute atomic E-state index is 11.4. The van der Waals surface area contributed by atoms with Crippen molar-refractivity contribution < 1.29 is 19.5 Å². The van der Waals surface area contributed by atoms with Crippen LogP contribution in [0.1, 0.15) is 33.6 Å². The number of aliphatic carboxylic acids is 1. The Hall–Kier alpha value is -1.79. The third-order valence-electron chi connectivity index (χ3n) is 2.61. The van der Waals surface area contributed by atoms with Crippen molar-refractivity contribution in [1.29, 1.82) is 0 Å². The molecule has 2 unspecified atom stereocenters. The van der Waals surface area contributed by atoms with E-state index in [9.17, 15) is 14.4 Å². The highest BCUT2D eigenvalue weighted by atomic mass is 16.4. The number of nitrogens with one attached hydrogen (secondary N) is 3. The standard InChI is InChI=1S/C12H23N3O4/c1-4-13-10(16)9(3)15-12(19)14-7-5-6-8(2)11(17)18/h8-9H,4-7H2,1-3H3,(H,13,16)(H,17,18)(H2,14,15,19). The summed E-state index contributed by atoms with van der Waals surface area (Å²) in [6.45, 7) is 5.91. The van der Waals surface area contributed by atoms with Gasteiger partial charge in [0.2, 0.25) is 5.91 Å². The molecular weight excluding hydrogens is 250 g/mol. The van der Waals surface area contributed by atoms with Gasteiger partial charge in [-0.25, -0.2) is 4.79 Å². The van der Waals surface area contributed by atoms with Gasteiger partial charge in [0.15, 0.2) is 0 Å². The van der Waals surface area contributed by atoms with E-state index < -0.39 is 24.0 Å². The summed E-state index contributed by atoms with van der Waals surface area (Å²) in [6, 6.07) is -1.03. The first-order chi connectivity index (χ1) is 8.88. The SMILES string of the molecule is CCNC(=O)C(C)NC(=O)NCCCC(C)C(=O)O. The van der Waals surface area contributed by atoms with E-state index in [2.05, 4.69) is 16.0 Å². The molecule has 0 radical (unpaired) electrons. The summed E-state index contributed by atoms with van der Waals surface area (Å²) in [7, 11) is 0. The van der Waals surface area contributed by atoms with Crippen LogP contribution in [0.15, 0.2) is 0 Å². The first kappa shape index (κ1) is 17.2. The van der Waals surface area contributed by atoms with Gasteiger partial charge in [0.05, 0.1) is 5.92 Å². The van der Waals surface area contributed by atoms with Gasteiger partial charge in [-0.15, -0.1) is 0 Å². The molecule has 4 N–H and O–H groups in total. The van der Waals surface area contributed by atoms with Crippen LogP contribution in [-0.4, -0.2) is 42.1 Å². The van der Waals surface area contributed by atoms with E-state index >= 15 is 0 Å². The Balaban J connectivity index is 3.76. The average Bonchev–Trinajstić information content (AvgIpc) is 2.34. The Labute approximate surface area is 113 Å². The second kappa shape index (κ2) is 9.18. The lowest BCUT2D eigenvalue weighted by Crippen LogP contribution is -2.48. The molecule has 0 aromatic carbocycles. The third-order valence-corrected chi connectivity index (χ3v) is 2.61. The summed E-state index contributed by atoms with van der Waals surface area (Å²) in [5.41, 5.74) is 0. The number of hydrogen-bond acceptors (Lipinski definition) is 3. The van der Waals surface area contributed by atoms with Gasteiger partial charge in [0.1, 0.15) is 6.04 Å². The molecule has 7 nitrogen and oxygen atoms in total. The molecule has 0 saturated heterocycles. The molecular formula is C12H23N3O4. The predicted molar refractivity (Wildman–Crippen MR) is 70.7 cm³/mol. The number of rotatable bonds is 8. The summed E-state index contributed by atoms with van der Waals surface area (Å²) in [5.74, 6) is -1.49. The zero-order chi connectivity index (χ0) is 14.8. The van der Waals surface area contributed by atoms with Crippen LogP contribution in [0.5, 0.6) is 0 Å². The summed E-state index contributed by atoms with van der Waals surface area (Å²) >= 11 is 0. The summed E-state index contributed by atoms with van der Waals surface area (Å²) in [4.78, 5) is 33.3. The van der Waals surface area contributed by atoms with Crippen molar-refractivity contribution in [2.75, 3.05) is 13.1 Å². The minimum absolute atomic E-state index is 0.239. The van der Waals surface area contributed by atoms with Crippen LogP contribution < -0.4 is 16.0 Å². The Morgan fingerprint density at radius 3 is 2.32 bits per heavy atom. The van der Waals surface area contributed by atoms with Gasteiger partial charge in [0, 0.05) is 13.1 Å². The van der Waals surface area contributed by atoms with Crippen LogP contribution in [0.25, 0.3) is 0 Å². The summed E-state index contributed by atoms with van der Waals surface area (Å²) in [5, 5.41) is 16.4. The van der Waals surface area contributed by atoms with Crippen LogP contribution in [-0.2, 0) is 9.59 Å². The fraction of sp³-hybridized carbons (Fsp3) is 0.750. The number of carbonyl (C=O) groups is 3. The first-order valence-electron chi connectivity index (χ1n) is 6.43. The van der Waals surface area contributed by atoms with Gasteiger partial charge in [0.25, 0.3) is 0 Å². The minimum atomic E-state index is -0.839. The number of carboxylic acid groups (broad SMARTS) is 1. The van der Waals surface area contributed by atoms with Crippen LogP contribution >= 0.6 is 0 Å². The van der Waals surface area contributed by atoms with Crippen LogP contribution in [0.2, 0.25) is 0 Å². The molecule has 0 aliphatic carbocycles. The van der Waals surface area contributed by atoms with E-state index in [4.69, 9.17) is 5.11 Å². The maximum atomic E-state index is 11.4. The summed E-state index contributed by atoms with van der Waals surface area (Å²) < 4.78 is 0. The molecule has 0 aromatic rings. The van der Waals surface area contributed by atoms with Gasteiger partial charge < -0.3 is 21.1 Å². The lowest BCUT2D eigenvalue weighted by Gasteiger charge is -2.14. The smallest absolute Gasteiger partial charge is 0.315 e. The quantitative estimate of drug-likeness (QED) is 0.477. The molecule has 7 heteroatoms. The molecule has 0 saturated carbocycles. The zero-order valence-electron chi connectivity index (χ0n) is 11.7. The molecule has 19 heavy (non-hydrogen) atoms. The number of urea groups is 1. The Morgan fingerprint density at radius 2 is 1.79 bits per heavy atom. The van der Waals surface area contributed by atoms with Crippen molar-refractivity contribution in [3.8, 4) is 0 Å². The van der Waals surface area contributed by atoms with Crippen molar-refractivity contribution in [1.82, 2.24) is 16.0 Å². The van der Waals surface area contributed by atoms with Crippen molar-refractivity contribution in [3.63, 3.8) is 0 Å². The second-order valence-electron chi connectivity index (χ2n) is 4.40. The van der Waals surface area contributed by atoms with Crippen molar-refractivity contribution in [3.05, 3.63) is 0 Å². The van der Waals surface area contributed by atoms with E-state index in [1.54, 1.807) is 20.8 Å². The number of carbonyl (C=O) groups excluding carboxylic acids is 2. The van der Waals surface area contributed by atoms with E-state index in [0.717, 1.165) is 0 Å². The van der Waals surface area contributed by atoms with Gasteiger partial charge in [-0.2, -0.15) is 0 Å². The van der Waals surface area contributed by atoms with Crippen molar-refractivity contribution in [2.45, 2.75) is 39.7 Å². The third kappa shape index (κ3) is 8.01. The molecule has 0 fully saturated rings. The first-order valence-corrected chi connectivity index (χ1v) is 6.43. The lowest BCUT2D eigenvalue weighted by atomic mass is 10.1. The molecule has 0 spiro atoms. The second-order valence-corrected chi connectivity index (χ2v) is 4.40. The fourth-order valence-corrected chi connectivity index (χ4v) is 1.37. The molecule has 0 rings (SSSR count). The lowest BCUT2D eigenvalue weighted by molar-refractivity contribution is -0.141. The van der Waals surface area contributed by atoms with Gasteiger partial charge in [-0.3, -0.25) is 9.59 Å².